The molecule has 0 aliphatic carbocycles. The molecule has 0 saturated heterocycles. The Balaban J connectivity index is 1.06. The van der Waals surface area contributed by atoms with Crippen LogP contribution in [0.15, 0.2) is 212 Å². The van der Waals surface area contributed by atoms with Crippen LogP contribution in [0.1, 0.15) is 0 Å². The number of nitrogens with zero attached hydrogens (tertiary/aromatic N) is 1. The van der Waals surface area contributed by atoms with Gasteiger partial charge in [0.05, 0.1) is 0 Å². The second kappa shape index (κ2) is 13.4. The SMILES string of the molecule is c1ccc(-c2ccc(N(c3ccc(-c4cc5c6ccccc6ccc5c5ccccc45)cc3)c3cccc(-c4cccc5sc6ccccc6c45)c3)cc2)cc1. The summed E-state index contributed by atoms with van der Waals surface area (Å²) in [4.78, 5) is 2.39. The first-order chi connectivity index (χ1) is 27.8. The van der Waals surface area contributed by atoms with E-state index in [1.165, 1.54) is 85.9 Å². The van der Waals surface area contributed by atoms with Gasteiger partial charge in [-0.3, -0.25) is 0 Å². The molecular formula is C54H35NS. The summed E-state index contributed by atoms with van der Waals surface area (Å²) in [6.07, 6.45) is 0. The summed E-state index contributed by atoms with van der Waals surface area (Å²) in [5, 5.41) is 10.3. The fourth-order valence-electron chi connectivity index (χ4n) is 8.60. The van der Waals surface area contributed by atoms with E-state index in [0.717, 1.165) is 17.1 Å². The zero-order valence-electron chi connectivity index (χ0n) is 30.6. The highest BCUT2D eigenvalue weighted by Crippen LogP contribution is 2.44. The van der Waals surface area contributed by atoms with Crippen LogP contribution in [-0.2, 0) is 0 Å². The number of hydrogen-bond acceptors (Lipinski definition) is 2. The summed E-state index contributed by atoms with van der Waals surface area (Å²) >= 11 is 1.86. The van der Waals surface area contributed by atoms with Gasteiger partial charge in [0.25, 0.3) is 0 Å². The number of hydrogen-bond donors (Lipinski definition) is 0. The summed E-state index contributed by atoms with van der Waals surface area (Å²) in [5.74, 6) is 0. The predicted molar refractivity (Wildman–Crippen MR) is 243 cm³/mol. The van der Waals surface area contributed by atoms with Crippen LogP contribution >= 0.6 is 11.3 Å². The minimum absolute atomic E-state index is 1.10. The smallest absolute Gasteiger partial charge is 0.0467 e. The number of benzene rings is 10. The number of fused-ring (bicyclic) bond motifs is 8. The van der Waals surface area contributed by atoms with Gasteiger partial charge >= 0.3 is 0 Å². The van der Waals surface area contributed by atoms with Gasteiger partial charge in [0, 0.05) is 37.2 Å². The van der Waals surface area contributed by atoms with Crippen LogP contribution in [0.2, 0.25) is 0 Å². The highest BCUT2D eigenvalue weighted by atomic mass is 32.1. The van der Waals surface area contributed by atoms with Crippen molar-refractivity contribution in [1.29, 1.82) is 0 Å². The Kier molecular flexibility index (Phi) is 7.75. The minimum atomic E-state index is 1.10. The largest absolute Gasteiger partial charge is 0.310 e. The van der Waals surface area contributed by atoms with Gasteiger partial charge in [-0.2, -0.15) is 0 Å². The molecule has 1 heterocycles. The van der Waals surface area contributed by atoms with E-state index in [1.54, 1.807) is 0 Å². The van der Waals surface area contributed by atoms with Crippen molar-refractivity contribution >= 4 is 80.9 Å². The van der Waals surface area contributed by atoms with Crippen molar-refractivity contribution in [2.24, 2.45) is 0 Å². The molecule has 0 unspecified atom stereocenters. The van der Waals surface area contributed by atoms with E-state index in [1.807, 2.05) is 11.3 Å². The number of rotatable bonds is 6. The minimum Gasteiger partial charge on any atom is -0.310 e. The zero-order valence-corrected chi connectivity index (χ0v) is 31.4. The second-order valence-corrected chi connectivity index (χ2v) is 15.6. The van der Waals surface area contributed by atoms with E-state index in [9.17, 15) is 0 Å². The van der Waals surface area contributed by atoms with Crippen molar-refractivity contribution in [2.45, 2.75) is 0 Å². The molecule has 0 amide bonds. The van der Waals surface area contributed by atoms with Crippen LogP contribution in [0.5, 0.6) is 0 Å². The average Bonchev–Trinajstić information content (AvgIpc) is 3.66. The lowest BCUT2D eigenvalue weighted by atomic mass is 9.91. The number of anilines is 3. The van der Waals surface area contributed by atoms with Crippen molar-refractivity contribution in [3.05, 3.63) is 212 Å². The molecule has 10 aromatic carbocycles. The van der Waals surface area contributed by atoms with Crippen molar-refractivity contribution < 1.29 is 0 Å². The van der Waals surface area contributed by atoms with Crippen LogP contribution < -0.4 is 4.90 Å². The topological polar surface area (TPSA) is 3.24 Å². The number of thiophene rings is 1. The van der Waals surface area contributed by atoms with Gasteiger partial charge in [0.1, 0.15) is 0 Å². The highest BCUT2D eigenvalue weighted by molar-refractivity contribution is 7.25. The molecule has 11 rings (SSSR count). The predicted octanol–water partition coefficient (Wildman–Crippen LogP) is 16.0. The summed E-state index contributed by atoms with van der Waals surface area (Å²) in [6, 6.07) is 77.7. The Hall–Kier alpha value is -7.00. The van der Waals surface area contributed by atoms with Gasteiger partial charge in [0.2, 0.25) is 0 Å². The molecule has 0 aliphatic rings. The van der Waals surface area contributed by atoms with E-state index < -0.39 is 0 Å². The fraction of sp³-hybridized carbons (Fsp3) is 0. The first kappa shape index (κ1) is 32.4. The molecule has 0 radical (unpaired) electrons. The molecule has 0 atom stereocenters. The molecule has 1 aromatic heterocycles. The van der Waals surface area contributed by atoms with Crippen LogP contribution in [0.4, 0.5) is 17.1 Å². The Bertz CT molecular complexity index is 3230. The van der Waals surface area contributed by atoms with Gasteiger partial charge in [0.15, 0.2) is 0 Å². The molecule has 0 saturated carbocycles. The highest BCUT2D eigenvalue weighted by Gasteiger charge is 2.17. The molecule has 0 spiro atoms. The van der Waals surface area contributed by atoms with E-state index in [2.05, 4.69) is 217 Å². The maximum Gasteiger partial charge on any atom is 0.0467 e. The lowest BCUT2D eigenvalue weighted by molar-refractivity contribution is 1.28. The van der Waals surface area contributed by atoms with E-state index in [0.29, 0.717) is 0 Å². The van der Waals surface area contributed by atoms with E-state index in [4.69, 9.17) is 0 Å². The molecule has 56 heavy (non-hydrogen) atoms. The quantitative estimate of drug-likeness (QED) is 0.154. The van der Waals surface area contributed by atoms with Gasteiger partial charge in [-0.05, 0) is 120 Å². The van der Waals surface area contributed by atoms with Crippen molar-refractivity contribution in [1.82, 2.24) is 0 Å². The molecule has 0 N–H and O–H groups in total. The average molecular weight is 730 g/mol. The summed E-state index contributed by atoms with van der Waals surface area (Å²) < 4.78 is 2.63. The van der Waals surface area contributed by atoms with Gasteiger partial charge in [-0.25, -0.2) is 0 Å². The second-order valence-electron chi connectivity index (χ2n) is 14.5. The normalized spacial score (nSPS) is 11.6. The van der Waals surface area contributed by atoms with Crippen LogP contribution in [-0.4, -0.2) is 0 Å². The fourth-order valence-corrected chi connectivity index (χ4v) is 9.73. The molecule has 11 aromatic rings. The Morgan fingerprint density at radius 3 is 1.68 bits per heavy atom. The molecule has 1 nitrogen and oxygen atoms in total. The van der Waals surface area contributed by atoms with Crippen LogP contribution in [0, 0.1) is 0 Å². The zero-order chi connectivity index (χ0) is 37.0. The first-order valence-electron chi connectivity index (χ1n) is 19.2. The molecule has 0 bridgehead atoms. The van der Waals surface area contributed by atoms with Crippen molar-refractivity contribution in [2.75, 3.05) is 4.90 Å². The van der Waals surface area contributed by atoms with Crippen LogP contribution in [0.3, 0.4) is 0 Å². The molecule has 262 valence electrons. The summed E-state index contributed by atoms with van der Waals surface area (Å²) in [5.41, 5.74) is 10.6. The molecule has 0 fully saturated rings. The van der Waals surface area contributed by atoms with E-state index in [-0.39, 0.29) is 0 Å². The molecule has 2 heteroatoms. The third-order valence-corrected chi connectivity index (χ3v) is 12.4. The summed E-state index contributed by atoms with van der Waals surface area (Å²) in [6.45, 7) is 0. The Morgan fingerprint density at radius 1 is 0.286 bits per heavy atom. The maximum atomic E-state index is 2.40. The third kappa shape index (κ3) is 5.46. The van der Waals surface area contributed by atoms with Crippen molar-refractivity contribution in [3.8, 4) is 33.4 Å². The van der Waals surface area contributed by atoms with Crippen molar-refractivity contribution in [3.63, 3.8) is 0 Å². The molecular weight excluding hydrogens is 695 g/mol. The Morgan fingerprint density at radius 2 is 0.875 bits per heavy atom. The monoisotopic (exact) mass is 729 g/mol. The molecule has 0 aliphatic heterocycles. The lowest BCUT2D eigenvalue weighted by Crippen LogP contribution is -2.10. The van der Waals surface area contributed by atoms with Gasteiger partial charge in [-0.15, -0.1) is 11.3 Å². The standard InChI is InChI=1S/C54H35NS/c1-2-12-36(13-3-1)37-24-29-41(30-25-37)55(43-16-10-15-40(34-43)45-21-11-23-53-54(45)49-20-8-9-22-52(49)56-53)42-31-26-39(27-32-42)50-35-51-44-17-5-4-14-38(44)28-33-48(51)46-18-6-7-19-47(46)50/h1-35H. The van der Waals surface area contributed by atoms with E-state index >= 15 is 0 Å². The van der Waals surface area contributed by atoms with Crippen LogP contribution in [0.25, 0.3) is 85.9 Å². The van der Waals surface area contributed by atoms with Gasteiger partial charge in [-0.1, -0.05) is 158 Å². The van der Waals surface area contributed by atoms with Gasteiger partial charge < -0.3 is 4.90 Å². The summed E-state index contributed by atoms with van der Waals surface area (Å²) in [7, 11) is 0. The third-order valence-electron chi connectivity index (χ3n) is 11.3. The lowest BCUT2D eigenvalue weighted by Gasteiger charge is -2.26. The Labute approximate surface area is 330 Å². The first-order valence-corrected chi connectivity index (χ1v) is 20.0. The maximum absolute atomic E-state index is 2.40.